The van der Waals surface area contributed by atoms with E-state index in [1.807, 2.05) is 0 Å². The number of hydrogen-bond acceptors (Lipinski definition) is 6. The van der Waals surface area contributed by atoms with E-state index in [1.54, 1.807) is 30.3 Å². The van der Waals surface area contributed by atoms with E-state index in [0.717, 1.165) is 0 Å². The zero-order valence-electron chi connectivity index (χ0n) is 14.3. The summed E-state index contributed by atoms with van der Waals surface area (Å²) in [5, 5.41) is 24.8. The van der Waals surface area contributed by atoms with Gasteiger partial charge in [0.2, 0.25) is 5.91 Å². The van der Waals surface area contributed by atoms with Gasteiger partial charge in [-0.2, -0.15) is 0 Å². The molecule has 138 valence electrons. The Morgan fingerprint density at radius 2 is 1.48 bits per heavy atom. The number of nitrogens with zero attached hydrogens (tertiary/aromatic N) is 2. The van der Waals surface area contributed by atoms with Crippen molar-refractivity contribution in [1.82, 2.24) is 0 Å². The number of nitrogen functional groups attached to an aromatic ring is 1. The Kier molecular flexibility index (Phi) is 6.00. The minimum absolute atomic E-state index is 0.0368. The molecular formula is C18H16N4O5. The molecule has 0 radical (unpaired) electrons. The first-order valence-electron chi connectivity index (χ1n) is 7.73. The van der Waals surface area contributed by atoms with Crippen molar-refractivity contribution in [3.05, 3.63) is 80.9 Å². The standard InChI is InChI=1S/C12H10N2O3.C6H6N2O2/c1-8(15)13-11-6-7-12(14(16)17)10-5-3-2-4-9(10)11;7-5-1-3-6(4-2-5)8(9)10/h2-7H,1H3,(H,13,15);1-4H,7H2. The van der Waals surface area contributed by atoms with E-state index in [0.29, 0.717) is 22.1 Å². The van der Waals surface area contributed by atoms with E-state index in [4.69, 9.17) is 5.73 Å². The number of anilines is 2. The van der Waals surface area contributed by atoms with E-state index in [-0.39, 0.29) is 17.3 Å². The number of nitro benzene ring substituents is 2. The summed E-state index contributed by atoms with van der Waals surface area (Å²) in [6, 6.07) is 15.6. The second-order valence-electron chi connectivity index (χ2n) is 5.46. The largest absolute Gasteiger partial charge is 0.399 e. The van der Waals surface area contributed by atoms with Crippen LogP contribution in [0.1, 0.15) is 6.92 Å². The van der Waals surface area contributed by atoms with E-state index >= 15 is 0 Å². The molecular weight excluding hydrogens is 352 g/mol. The predicted octanol–water partition coefficient (Wildman–Crippen LogP) is 3.88. The maximum atomic E-state index is 11.0. The highest BCUT2D eigenvalue weighted by molar-refractivity contribution is 6.04. The molecule has 1 amide bonds. The summed E-state index contributed by atoms with van der Waals surface area (Å²) in [7, 11) is 0. The van der Waals surface area contributed by atoms with Crippen LogP contribution in [0.15, 0.2) is 60.7 Å². The molecule has 27 heavy (non-hydrogen) atoms. The lowest BCUT2D eigenvalue weighted by Crippen LogP contribution is -2.06. The summed E-state index contributed by atoms with van der Waals surface area (Å²) < 4.78 is 0. The van der Waals surface area contributed by atoms with Gasteiger partial charge in [-0.25, -0.2) is 0 Å². The molecule has 3 rings (SSSR count). The molecule has 3 aromatic carbocycles. The summed E-state index contributed by atoms with van der Waals surface area (Å²) in [6.45, 7) is 1.40. The number of hydrogen-bond donors (Lipinski definition) is 2. The van der Waals surface area contributed by atoms with Gasteiger partial charge in [-0.05, 0) is 24.3 Å². The quantitative estimate of drug-likeness (QED) is 0.408. The van der Waals surface area contributed by atoms with Gasteiger partial charge in [0.25, 0.3) is 11.4 Å². The molecule has 9 heteroatoms. The van der Waals surface area contributed by atoms with Gasteiger partial charge in [-0.15, -0.1) is 0 Å². The number of non-ortho nitro benzene ring substituents is 2. The first kappa shape index (κ1) is 19.3. The van der Waals surface area contributed by atoms with Crippen LogP contribution in [0.2, 0.25) is 0 Å². The smallest absolute Gasteiger partial charge is 0.277 e. The van der Waals surface area contributed by atoms with Crippen molar-refractivity contribution in [3.63, 3.8) is 0 Å². The van der Waals surface area contributed by atoms with Crippen LogP contribution >= 0.6 is 0 Å². The molecule has 0 aromatic heterocycles. The molecule has 0 unspecified atom stereocenters. The highest BCUT2D eigenvalue weighted by Gasteiger charge is 2.13. The molecule has 0 aliphatic heterocycles. The van der Waals surface area contributed by atoms with Crippen LogP contribution in [0.5, 0.6) is 0 Å². The normalized spacial score (nSPS) is 9.81. The van der Waals surface area contributed by atoms with Crippen molar-refractivity contribution in [2.24, 2.45) is 0 Å². The molecule has 9 nitrogen and oxygen atoms in total. The fourth-order valence-electron chi connectivity index (χ4n) is 2.34. The second kappa shape index (κ2) is 8.39. The summed E-state index contributed by atoms with van der Waals surface area (Å²) >= 11 is 0. The Morgan fingerprint density at radius 3 is 2.00 bits per heavy atom. The maximum Gasteiger partial charge on any atom is 0.277 e. The number of nitrogens with two attached hydrogens (primary N) is 1. The highest BCUT2D eigenvalue weighted by atomic mass is 16.6. The SMILES string of the molecule is CC(=O)Nc1ccc([N+](=O)[O-])c2ccccc12.Nc1ccc([N+](=O)[O-])cc1. The van der Waals surface area contributed by atoms with Crippen LogP contribution in [-0.4, -0.2) is 15.8 Å². The van der Waals surface area contributed by atoms with Gasteiger partial charge in [0, 0.05) is 41.9 Å². The Labute approximate surface area is 153 Å². The van der Waals surface area contributed by atoms with E-state index in [9.17, 15) is 25.0 Å². The Morgan fingerprint density at radius 1 is 0.889 bits per heavy atom. The monoisotopic (exact) mass is 368 g/mol. The molecule has 0 spiro atoms. The summed E-state index contributed by atoms with van der Waals surface area (Å²) in [4.78, 5) is 31.1. The molecule has 3 N–H and O–H groups in total. The second-order valence-corrected chi connectivity index (χ2v) is 5.46. The van der Waals surface area contributed by atoms with Gasteiger partial charge >= 0.3 is 0 Å². The van der Waals surface area contributed by atoms with Crippen molar-refractivity contribution in [2.75, 3.05) is 11.1 Å². The molecule has 3 aromatic rings. The topological polar surface area (TPSA) is 141 Å². The summed E-state index contributed by atoms with van der Waals surface area (Å²) in [5.74, 6) is -0.205. The third kappa shape index (κ3) is 4.98. The molecule has 0 atom stereocenters. The molecule has 0 bridgehead atoms. The molecule has 0 saturated carbocycles. The van der Waals surface area contributed by atoms with Crippen molar-refractivity contribution < 1.29 is 14.6 Å². The molecule has 0 saturated heterocycles. The van der Waals surface area contributed by atoms with Crippen LogP contribution in [0.3, 0.4) is 0 Å². The number of nitro groups is 2. The summed E-state index contributed by atoms with van der Waals surface area (Å²) in [5.41, 5.74) is 6.52. The van der Waals surface area contributed by atoms with Gasteiger partial charge in [0.15, 0.2) is 0 Å². The lowest BCUT2D eigenvalue weighted by Gasteiger charge is -2.07. The lowest BCUT2D eigenvalue weighted by atomic mass is 10.1. The third-order valence-corrected chi connectivity index (χ3v) is 3.51. The minimum atomic E-state index is -0.459. The first-order valence-corrected chi connectivity index (χ1v) is 7.73. The fraction of sp³-hybridized carbons (Fsp3) is 0.0556. The average molecular weight is 368 g/mol. The van der Waals surface area contributed by atoms with Crippen molar-refractivity contribution in [2.45, 2.75) is 6.92 Å². The number of benzene rings is 3. The number of fused-ring (bicyclic) bond motifs is 1. The van der Waals surface area contributed by atoms with E-state index in [2.05, 4.69) is 5.32 Å². The molecule has 0 aliphatic rings. The third-order valence-electron chi connectivity index (χ3n) is 3.51. The van der Waals surface area contributed by atoms with Crippen LogP contribution in [0, 0.1) is 20.2 Å². The number of rotatable bonds is 3. The van der Waals surface area contributed by atoms with Gasteiger partial charge in [0.1, 0.15) is 0 Å². The van der Waals surface area contributed by atoms with Crippen LogP contribution in [0.4, 0.5) is 22.7 Å². The van der Waals surface area contributed by atoms with Gasteiger partial charge in [0.05, 0.1) is 15.2 Å². The van der Waals surface area contributed by atoms with Crippen LogP contribution in [-0.2, 0) is 4.79 Å². The van der Waals surface area contributed by atoms with Gasteiger partial charge in [-0.1, -0.05) is 18.2 Å². The van der Waals surface area contributed by atoms with Crippen LogP contribution < -0.4 is 11.1 Å². The Hall–Kier alpha value is -4.01. The average Bonchev–Trinajstić information content (AvgIpc) is 2.62. The highest BCUT2D eigenvalue weighted by Crippen LogP contribution is 2.31. The predicted molar refractivity (Wildman–Crippen MR) is 102 cm³/mol. The minimum Gasteiger partial charge on any atom is -0.399 e. The maximum absolute atomic E-state index is 11.0. The lowest BCUT2D eigenvalue weighted by molar-refractivity contribution is -0.384. The van der Waals surface area contributed by atoms with Gasteiger partial charge in [-0.3, -0.25) is 25.0 Å². The van der Waals surface area contributed by atoms with Gasteiger partial charge < -0.3 is 11.1 Å². The van der Waals surface area contributed by atoms with Crippen molar-refractivity contribution in [3.8, 4) is 0 Å². The van der Waals surface area contributed by atoms with E-state index in [1.165, 1.54) is 37.3 Å². The molecule has 0 heterocycles. The van der Waals surface area contributed by atoms with Crippen molar-refractivity contribution in [1.29, 1.82) is 0 Å². The van der Waals surface area contributed by atoms with Crippen molar-refractivity contribution >= 4 is 39.4 Å². The molecule has 0 aliphatic carbocycles. The zero-order valence-corrected chi connectivity index (χ0v) is 14.3. The first-order chi connectivity index (χ1) is 12.8. The number of amides is 1. The Bertz CT molecular complexity index is 1000. The van der Waals surface area contributed by atoms with E-state index < -0.39 is 9.85 Å². The Balaban J connectivity index is 0.000000223. The number of carbonyl (C=O) groups is 1. The number of nitrogens with one attached hydrogen (secondary N) is 1. The van der Waals surface area contributed by atoms with Crippen LogP contribution in [0.25, 0.3) is 10.8 Å². The fourth-order valence-corrected chi connectivity index (χ4v) is 2.34. The zero-order chi connectivity index (χ0) is 20.0. The summed E-state index contributed by atoms with van der Waals surface area (Å²) in [6.07, 6.45) is 0. The molecule has 0 fully saturated rings. The number of carbonyl (C=O) groups excluding carboxylic acids is 1.